The number of benzene rings is 3. The van der Waals surface area contributed by atoms with Crippen LogP contribution in [0.25, 0.3) is 17.5 Å². The van der Waals surface area contributed by atoms with Gasteiger partial charge in [-0.3, -0.25) is 4.79 Å². The van der Waals surface area contributed by atoms with Gasteiger partial charge in [0, 0.05) is 54.4 Å². The number of anilines is 1. The Labute approximate surface area is 212 Å². The minimum absolute atomic E-state index is 0.130. The quantitative estimate of drug-likeness (QED) is 0.312. The molecule has 1 heterocycles. The molecule has 0 saturated heterocycles. The summed E-state index contributed by atoms with van der Waals surface area (Å²) in [5.74, 6) is 0.515. The highest BCUT2D eigenvalue weighted by molar-refractivity contribution is 6.04. The number of carbonyl (C=O) groups is 1. The van der Waals surface area contributed by atoms with Crippen LogP contribution < -0.4 is 5.32 Å². The molecule has 3 aromatic carbocycles. The molecule has 5 rings (SSSR count). The topological polar surface area (TPSA) is 58.1 Å². The van der Waals surface area contributed by atoms with Gasteiger partial charge in [0.15, 0.2) is 5.82 Å². The summed E-state index contributed by atoms with van der Waals surface area (Å²) in [6.45, 7) is 4.22. The van der Waals surface area contributed by atoms with Crippen molar-refractivity contribution in [1.29, 1.82) is 0 Å². The van der Waals surface area contributed by atoms with E-state index in [0.717, 1.165) is 43.6 Å². The Kier molecular flexibility index (Phi) is 7.17. The van der Waals surface area contributed by atoms with Gasteiger partial charge in [-0.15, -0.1) is 0 Å². The third-order valence-electron chi connectivity index (χ3n) is 6.47. The first-order valence-electron chi connectivity index (χ1n) is 12.5. The van der Waals surface area contributed by atoms with Crippen LogP contribution in [0.5, 0.6) is 0 Å². The van der Waals surface area contributed by atoms with Crippen molar-refractivity contribution in [3.05, 3.63) is 119 Å². The molecular weight excluding hydrogens is 444 g/mol. The van der Waals surface area contributed by atoms with Crippen LogP contribution in [-0.2, 0) is 12.8 Å². The van der Waals surface area contributed by atoms with E-state index >= 15 is 0 Å². The number of fused-ring (bicyclic) bond motifs is 1. The van der Waals surface area contributed by atoms with E-state index in [1.54, 1.807) is 30.6 Å². The fourth-order valence-electron chi connectivity index (χ4n) is 4.62. The fourth-order valence-corrected chi connectivity index (χ4v) is 4.62. The zero-order chi connectivity index (χ0) is 24.7. The van der Waals surface area contributed by atoms with Gasteiger partial charge in [0.1, 0.15) is 0 Å². The number of allylic oxidation sites excluding steroid dienone is 1. The summed E-state index contributed by atoms with van der Waals surface area (Å²) in [5.41, 5.74) is 7.63. The molecule has 0 atom stereocenters. The molecule has 1 aliphatic rings. The first kappa shape index (κ1) is 23.5. The fraction of sp³-hybridized carbons (Fsp3) is 0.194. The minimum atomic E-state index is -0.130. The third kappa shape index (κ3) is 5.52. The Balaban J connectivity index is 1.21. The number of carbonyl (C=O) groups excluding carboxylic acids is 1. The van der Waals surface area contributed by atoms with Crippen LogP contribution in [0.4, 0.5) is 5.69 Å². The van der Waals surface area contributed by atoms with Crippen LogP contribution >= 0.6 is 0 Å². The largest absolute Gasteiger partial charge is 0.374 e. The maximum atomic E-state index is 12.8. The average Bonchev–Trinajstić information content (AvgIpc) is 3.36. The molecule has 0 unspecified atom stereocenters. The molecule has 0 spiro atoms. The van der Waals surface area contributed by atoms with E-state index in [-0.39, 0.29) is 5.91 Å². The predicted octanol–water partition coefficient (Wildman–Crippen LogP) is 6.25. The van der Waals surface area contributed by atoms with E-state index in [4.69, 9.17) is 0 Å². The maximum absolute atomic E-state index is 12.8. The molecule has 0 fully saturated rings. The number of nitrogens with one attached hydrogen (secondary N) is 1. The molecule has 1 aliphatic carbocycles. The molecule has 0 aliphatic heterocycles. The SMILES string of the molecule is CCCN(CCc1cccc(NC(=O)c2ccc(-c3ncccn3)cc2)c1)C1=Cc2ccccc2C1. The summed E-state index contributed by atoms with van der Waals surface area (Å²) >= 11 is 0. The standard InChI is InChI=1S/C31H30N4O/c1-2-18-35(29-21-26-8-3-4-9-27(26)22-29)19-15-23-7-5-10-28(20-23)34-31(36)25-13-11-24(12-14-25)30-32-16-6-17-33-30/h3-14,16-17,20-21H,2,15,18-19,22H2,1H3,(H,34,36). The number of rotatable bonds is 9. The van der Waals surface area contributed by atoms with Gasteiger partial charge in [-0.05, 0) is 65.9 Å². The summed E-state index contributed by atoms with van der Waals surface area (Å²) < 4.78 is 0. The van der Waals surface area contributed by atoms with E-state index in [1.165, 1.54) is 22.4 Å². The molecule has 180 valence electrons. The van der Waals surface area contributed by atoms with Gasteiger partial charge in [-0.2, -0.15) is 0 Å². The van der Waals surface area contributed by atoms with Gasteiger partial charge in [0.25, 0.3) is 5.91 Å². The second-order valence-corrected chi connectivity index (χ2v) is 9.05. The number of amides is 1. The van der Waals surface area contributed by atoms with Gasteiger partial charge in [0.05, 0.1) is 0 Å². The summed E-state index contributed by atoms with van der Waals surface area (Å²) in [4.78, 5) is 23.9. The zero-order valence-corrected chi connectivity index (χ0v) is 20.5. The highest BCUT2D eigenvalue weighted by Gasteiger charge is 2.17. The molecule has 0 saturated carbocycles. The molecule has 5 heteroatoms. The molecule has 0 bridgehead atoms. The van der Waals surface area contributed by atoms with Crippen molar-refractivity contribution < 1.29 is 4.79 Å². The van der Waals surface area contributed by atoms with Crippen LogP contribution in [0.3, 0.4) is 0 Å². The van der Waals surface area contributed by atoms with Crippen molar-refractivity contribution in [3.63, 3.8) is 0 Å². The molecule has 36 heavy (non-hydrogen) atoms. The summed E-state index contributed by atoms with van der Waals surface area (Å²) in [6, 6.07) is 25.9. The van der Waals surface area contributed by atoms with Crippen LogP contribution in [0.15, 0.2) is 97.0 Å². The predicted molar refractivity (Wildman–Crippen MR) is 146 cm³/mol. The van der Waals surface area contributed by atoms with Gasteiger partial charge < -0.3 is 10.2 Å². The molecule has 5 nitrogen and oxygen atoms in total. The lowest BCUT2D eigenvalue weighted by molar-refractivity contribution is 0.102. The van der Waals surface area contributed by atoms with E-state index < -0.39 is 0 Å². The molecule has 0 radical (unpaired) electrons. The normalized spacial score (nSPS) is 12.1. The van der Waals surface area contributed by atoms with Crippen molar-refractivity contribution in [2.45, 2.75) is 26.2 Å². The smallest absolute Gasteiger partial charge is 0.255 e. The van der Waals surface area contributed by atoms with Crippen molar-refractivity contribution in [2.24, 2.45) is 0 Å². The van der Waals surface area contributed by atoms with Gasteiger partial charge in [-0.25, -0.2) is 9.97 Å². The Hall–Kier alpha value is -4.25. The Morgan fingerprint density at radius 3 is 2.50 bits per heavy atom. The van der Waals surface area contributed by atoms with Crippen molar-refractivity contribution >= 4 is 17.7 Å². The highest BCUT2D eigenvalue weighted by atomic mass is 16.1. The van der Waals surface area contributed by atoms with Crippen LogP contribution in [0, 0.1) is 0 Å². The lowest BCUT2D eigenvalue weighted by atomic mass is 10.1. The molecule has 1 N–H and O–H groups in total. The number of hydrogen-bond acceptors (Lipinski definition) is 4. The molecule has 4 aromatic rings. The van der Waals surface area contributed by atoms with Crippen LogP contribution in [0.2, 0.25) is 0 Å². The highest BCUT2D eigenvalue weighted by Crippen LogP contribution is 2.27. The summed E-state index contributed by atoms with van der Waals surface area (Å²) in [7, 11) is 0. The molecular formula is C31H30N4O. The van der Waals surface area contributed by atoms with Gasteiger partial charge in [-0.1, -0.05) is 55.5 Å². The lowest BCUT2D eigenvalue weighted by Gasteiger charge is -2.26. The average molecular weight is 475 g/mol. The Bertz CT molecular complexity index is 1360. The van der Waals surface area contributed by atoms with E-state index in [0.29, 0.717) is 11.4 Å². The monoisotopic (exact) mass is 474 g/mol. The molecule has 1 aromatic heterocycles. The van der Waals surface area contributed by atoms with Crippen LogP contribution in [0.1, 0.15) is 40.4 Å². The zero-order valence-electron chi connectivity index (χ0n) is 20.5. The lowest BCUT2D eigenvalue weighted by Crippen LogP contribution is -2.26. The van der Waals surface area contributed by atoms with E-state index in [2.05, 4.69) is 69.6 Å². The first-order valence-corrected chi connectivity index (χ1v) is 12.5. The van der Waals surface area contributed by atoms with E-state index in [9.17, 15) is 4.79 Å². The third-order valence-corrected chi connectivity index (χ3v) is 6.47. The number of hydrogen-bond donors (Lipinski definition) is 1. The Morgan fingerprint density at radius 2 is 1.72 bits per heavy atom. The van der Waals surface area contributed by atoms with Crippen LogP contribution in [-0.4, -0.2) is 33.9 Å². The van der Waals surface area contributed by atoms with E-state index in [1.807, 2.05) is 24.3 Å². The first-order chi connectivity index (χ1) is 17.7. The maximum Gasteiger partial charge on any atom is 0.255 e. The Morgan fingerprint density at radius 1 is 0.917 bits per heavy atom. The second kappa shape index (κ2) is 11.0. The molecule has 1 amide bonds. The van der Waals surface area contributed by atoms with Crippen molar-refractivity contribution in [1.82, 2.24) is 14.9 Å². The number of aromatic nitrogens is 2. The summed E-state index contributed by atoms with van der Waals surface area (Å²) in [5, 5.41) is 3.04. The van der Waals surface area contributed by atoms with Crippen molar-refractivity contribution in [2.75, 3.05) is 18.4 Å². The minimum Gasteiger partial charge on any atom is -0.374 e. The van der Waals surface area contributed by atoms with Gasteiger partial charge >= 0.3 is 0 Å². The summed E-state index contributed by atoms with van der Waals surface area (Å²) in [6.07, 6.45) is 8.78. The number of nitrogens with zero attached hydrogens (tertiary/aromatic N) is 3. The van der Waals surface area contributed by atoms with Gasteiger partial charge in [0.2, 0.25) is 0 Å². The van der Waals surface area contributed by atoms with Crippen molar-refractivity contribution in [3.8, 4) is 11.4 Å². The second-order valence-electron chi connectivity index (χ2n) is 9.05.